The monoisotopic (exact) mass is 220 g/mol. The maximum atomic E-state index is 13.6. The summed E-state index contributed by atoms with van der Waals surface area (Å²) in [4.78, 5) is 0. The Morgan fingerprint density at radius 2 is 1.50 bits per heavy atom. The molecule has 0 bridgehead atoms. The lowest BCUT2D eigenvalue weighted by atomic mass is 10.0. The van der Waals surface area contributed by atoms with E-state index in [-0.39, 0.29) is 11.1 Å². The molecule has 0 N–H and O–H groups in total. The van der Waals surface area contributed by atoms with E-state index in [1.807, 2.05) is 19.1 Å². The highest BCUT2D eigenvalue weighted by Crippen LogP contribution is 2.28. The molecule has 1 aromatic rings. The standard InChI is InChI=1S/C14H14F2/c1-9(2)13(15)14(16)11(4)12-7-5-10(3)6-8-12/h5-8H,1,4H2,2-3H3/b14-13-. The predicted molar refractivity (Wildman–Crippen MR) is 64.3 cm³/mol. The van der Waals surface area contributed by atoms with Gasteiger partial charge in [-0.15, -0.1) is 0 Å². The van der Waals surface area contributed by atoms with Crippen molar-refractivity contribution in [3.63, 3.8) is 0 Å². The normalized spacial score (nSPS) is 12.0. The van der Waals surface area contributed by atoms with E-state index in [0.717, 1.165) is 5.56 Å². The van der Waals surface area contributed by atoms with Crippen LogP contribution in [0.15, 0.2) is 54.7 Å². The molecule has 0 aliphatic carbocycles. The summed E-state index contributed by atoms with van der Waals surface area (Å²) in [7, 11) is 0. The van der Waals surface area contributed by atoms with Crippen molar-refractivity contribution < 1.29 is 8.78 Å². The van der Waals surface area contributed by atoms with E-state index in [1.165, 1.54) is 6.92 Å². The first kappa shape index (κ1) is 12.4. The molecule has 16 heavy (non-hydrogen) atoms. The second kappa shape index (κ2) is 4.88. The summed E-state index contributed by atoms with van der Waals surface area (Å²) in [5.41, 5.74) is 1.73. The Bertz CT molecular complexity index is 450. The zero-order valence-corrected chi connectivity index (χ0v) is 9.48. The summed E-state index contributed by atoms with van der Waals surface area (Å²) in [5, 5.41) is 0. The molecule has 0 nitrogen and oxygen atoms in total. The van der Waals surface area contributed by atoms with Crippen LogP contribution in [-0.4, -0.2) is 0 Å². The van der Waals surface area contributed by atoms with Gasteiger partial charge < -0.3 is 0 Å². The maximum absolute atomic E-state index is 13.6. The second-order valence-electron chi connectivity index (χ2n) is 3.75. The van der Waals surface area contributed by atoms with Crippen molar-refractivity contribution >= 4 is 5.57 Å². The lowest BCUT2D eigenvalue weighted by Gasteiger charge is -2.05. The average molecular weight is 220 g/mol. The van der Waals surface area contributed by atoms with Gasteiger partial charge in [0, 0.05) is 5.57 Å². The van der Waals surface area contributed by atoms with Crippen LogP contribution in [-0.2, 0) is 0 Å². The van der Waals surface area contributed by atoms with E-state index < -0.39 is 11.7 Å². The van der Waals surface area contributed by atoms with Crippen LogP contribution in [0.25, 0.3) is 5.57 Å². The first-order valence-corrected chi connectivity index (χ1v) is 4.91. The molecule has 0 amide bonds. The van der Waals surface area contributed by atoms with E-state index in [1.54, 1.807) is 12.1 Å². The predicted octanol–water partition coefficient (Wildman–Crippen LogP) is 4.73. The molecule has 84 valence electrons. The number of halogens is 2. The molecule has 1 rings (SSSR count). The zero-order chi connectivity index (χ0) is 12.3. The third-order valence-electron chi connectivity index (χ3n) is 2.23. The van der Waals surface area contributed by atoms with Crippen LogP contribution in [0.3, 0.4) is 0 Å². The molecule has 0 saturated carbocycles. The minimum Gasteiger partial charge on any atom is -0.203 e. The summed E-state index contributed by atoms with van der Waals surface area (Å²) in [6, 6.07) is 7.07. The lowest BCUT2D eigenvalue weighted by molar-refractivity contribution is 0.569. The number of hydrogen-bond donors (Lipinski definition) is 0. The van der Waals surface area contributed by atoms with Crippen LogP contribution in [0, 0.1) is 6.92 Å². The SMILES string of the molecule is C=C(C)/C(F)=C(/F)C(=C)c1ccc(C)cc1. The van der Waals surface area contributed by atoms with Crippen LogP contribution in [0.5, 0.6) is 0 Å². The van der Waals surface area contributed by atoms with Crippen molar-refractivity contribution in [3.05, 3.63) is 65.8 Å². The Kier molecular flexibility index (Phi) is 3.78. The second-order valence-corrected chi connectivity index (χ2v) is 3.75. The number of hydrogen-bond acceptors (Lipinski definition) is 0. The summed E-state index contributed by atoms with van der Waals surface area (Å²) < 4.78 is 26.8. The Hall–Kier alpha value is -1.70. The van der Waals surface area contributed by atoms with Crippen molar-refractivity contribution in [3.8, 4) is 0 Å². The largest absolute Gasteiger partial charge is 0.203 e. The molecule has 0 atom stereocenters. The number of rotatable bonds is 3. The molecule has 0 fully saturated rings. The molecule has 0 unspecified atom stereocenters. The molecule has 2 heteroatoms. The van der Waals surface area contributed by atoms with Gasteiger partial charge >= 0.3 is 0 Å². The van der Waals surface area contributed by atoms with Gasteiger partial charge in [-0.25, -0.2) is 8.78 Å². The highest BCUT2D eigenvalue weighted by molar-refractivity contribution is 5.76. The molecular weight excluding hydrogens is 206 g/mol. The van der Waals surface area contributed by atoms with Gasteiger partial charge in [-0.05, 0) is 25.0 Å². The lowest BCUT2D eigenvalue weighted by Crippen LogP contribution is -1.88. The van der Waals surface area contributed by atoms with Crippen molar-refractivity contribution in [2.45, 2.75) is 13.8 Å². The summed E-state index contributed by atoms with van der Waals surface area (Å²) in [5.74, 6) is -1.89. The number of benzene rings is 1. The molecule has 0 saturated heterocycles. The van der Waals surface area contributed by atoms with E-state index in [0.29, 0.717) is 5.56 Å². The minimum atomic E-state index is -0.948. The molecule has 0 heterocycles. The molecule has 0 radical (unpaired) electrons. The van der Waals surface area contributed by atoms with Crippen LogP contribution >= 0.6 is 0 Å². The third-order valence-corrected chi connectivity index (χ3v) is 2.23. The highest BCUT2D eigenvalue weighted by atomic mass is 19.2. The highest BCUT2D eigenvalue weighted by Gasteiger charge is 2.12. The molecular formula is C14H14F2. The van der Waals surface area contributed by atoms with E-state index in [2.05, 4.69) is 13.2 Å². The fourth-order valence-corrected chi connectivity index (χ4v) is 1.20. The van der Waals surface area contributed by atoms with Gasteiger partial charge in [0.1, 0.15) is 0 Å². The Labute approximate surface area is 94.6 Å². The maximum Gasteiger partial charge on any atom is 0.166 e. The molecule has 0 spiro atoms. The van der Waals surface area contributed by atoms with Gasteiger partial charge in [0.25, 0.3) is 0 Å². The fraction of sp³-hybridized carbons (Fsp3) is 0.143. The Morgan fingerprint density at radius 3 is 1.94 bits per heavy atom. The summed E-state index contributed by atoms with van der Waals surface area (Å²) in [6.07, 6.45) is 0. The van der Waals surface area contributed by atoms with Crippen LogP contribution < -0.4 is 0 Å². The first-order valence-electron chi connectivity index (χ1n) is 4.91. The summed E-state index contributed by atoms with van der Waals surface area (Å²) >= 11 is 0. The topological polar surface area (TPSA) is 0 Å². The Morgan fingerprint density at radius 1 is 1.00 bits per heavy atom. The Balaban J connectivity index is 3.08. The third kappa shape index (κ3) is 2.66. The zero-order valence-electron chi connectivity index (χ0n) is 9.48. The fourth-order valence-electron chi connectivity index (χ4n) is 1.20. The van der Waals surface area contributed by atoms with Crippen LogP contribution in [0.1, 0.15) is 18.1 Å². The van der Waals surface area contributed by atoms with Gasteiger partial charge in [0.15, 0.2) is 11.7 Å². The van der Waals surface area contributed by atoms with E-state index in [9.17, 15) is 8.78 Å². The van der Waals surface area contributed by atoms with Gasteiger partial charge in [0.05, 0.1) is 0 Å². The van der Waals surface area contributed by atoms with Crippen molar-refractivity contribution in [2.75, 3.05) is 0 Å². The summed E-state index contributed by atoms with van der Waals surface area (Å²) in [6.45, 7) is 10.2. The molecule has 0 aliphatic heterocycles. The van der Waals surface area contributed by atoms with Crippen LogP contribution in [0.4, 0.5) is 8.78 Å². The molecule has 0 aliphatic rings. The van der Waals surface area contributed by atoms with E-state index >= 15 is 0 Å². The van der Waals surface area contributed by atoms with E-state index in [4.69, 9.17) is 0 Å². The molecule has 1 aromatic carbocycles. The van der Waals surface area contributed by atoms with Gasteiger partial charge in [-0.2, -0.15) is 0 Å². The minimum absolute atomic E-state index is 0.0421. The van der Waals surface area contributed by atoms with Gasteiger partial charge in [-0.1, -0.05) is 43.0 Å². The van der Waals surface area contributed by atoms with Crippen molar-refractivity contribution in [2.24, 2.45) is 0 Å². The quantitative estimate of drug-likeness (QED) is 0.646. The molecule has 0 aromatic heterocycles. The first-order chi connectivity index (χ1) is 7.43. The van der Waals surface area contributed by atoms with Gasteiger partial charge in [0.2, 0.25) is 0 Å². The van der Waals surface area contributed by atoms with Crippen LogP contribution in [0.2, 0.25) is 0 Å². The number of aryl methyl sites for hydroxylation is 1. The van der Waals surface area contributed by atoms with Crippen molar-refractivity contribution in [1.82, 2.24) is 0 Å². The van der Waals surface area contributed by atoms with Gasteiger partial charge in [-0.3, -0.25) is 0 Å². The van der Waals surface area contributed by atoms with Crippen molar-refractivity contribution in [1.29, 1.82) is 0 Å². The number of allylic oxidation sites excluding steroid dienone is 4. The smallest absolute Gasteiger partial charge is 0.166 e. The average Bonchev–Trinajstić information content (AvgIpc) is 2.27.